The Labute approximate surface area is 214 Å². The van der Waals surface area contributed by atoms with Crippen molar-refractivity contribution in [3.63, 3.8) is 0 Å². The van der Waals surface area contributed by atoms with Gasteiger partial charge in [-0.05, 0) is 81.1 Å². The van der Waals surface area contributed by atoms with Crippen molar-refractivity contribution in [1.29, 1.82) is 0 Å². The maximum Gasteiger partial charge on any atom is 0.547 e. The van der Waals surface area contributed by atoms with Crippen molar-refractivity contribution in [2.45, 2.75) is 82.5 Å². The van der Waals surface area contributed by atoms with Gasteiger partial charge < -0.3 is 35.4 Å². The highest BCUT2D eigenvalue weighted by molar-refractivity contribution is 6.46. The molecule has 3 saturated carbocycles. The second-order valence-corrected chi connectivity index (χ2v) is 11.6. The van der Waals surface area contributed by atoms with Crippen LogP contribution in [0.15, 0.2) is 18.2 Å². The van der Waals surface area contributed by atoms with Crippen molar-refractivity contribution in [3.8, 4) is 5.75 Å². The third-order valence-electron chi connectivity index (χ3n) is 8.38. The van der Waals surface area contributed by atoms with Crippen LogP contribution in [0.3, 0.4) is 0 Å². The Kier molecular flexibility index (Phi) is 8.53. The minimum Gasteiger partial charge on any atom is -0.534 e. The number of benzene rings is 1. The van der Waals surface area contributed by atoms with Gasteiger partial charge in [-0.15, -0.1) is 0 Å². The third kappa shape index (κ3) is 7.22. The summed E-state index contributed by atoms with van der Waals surface area (Å²) in [5.74, 6) is 1.95. The Morgan fingerprint density at radius 1 is 1.03 bits per heavy atom. The van der Waals surface area contributed by atoms with Gasteiger partial charge in [-0.25, -0.2) is 0 Å². The number of nitrogens with one attached hydrogen (secondary N) is 2. The standard InChI is InChI=1S/C27H42BN3O5/c32-25(30-24-15-21-2-1-3-23(27(33)34)26(21)36-28(24)35)14-18-8-10-22(11-9-18)29-12-13-31(16-19-4-5-19)17-20-6-7-20/h1-3,18-20,22,24,27,29,33-35H,4-17H2,(H,30,32)/t18-,22-,24-/m0/s1. The lowest BCUT2D eigenvalue weighted by molar-refractivity contribution is -0.122. The first-order valence-electron chi connectivity index (χ1n) is 14.0. The lowest BCUT2D eigenvalue weighted by atomic mass is 9.72. The third-order valence-corrected chi connectivity index (χ3v) is 8.38. The van der Waals surface area contributed by atoms with Crippen molar-refractivity contribution >= 4 is 13.0 Å². The molecule has 0 aromatic heterocycles. The Bertz CT molecular complexity index is 872. The molecule has 1 aromatic carbocycles. The second kappa shape index (κ2) is 11.8. The first kappa shape index (κ1) is 26.0. The number of amides is 1. The van der Waals surface area contributed by atoms with Crippen molar-refractivity contribution in [3.05, 3.63) is 29.3 Å². The van der Waals surface area contributed by atoms with E-state index in [1.54, 1.807) is 12.1 Å². The summed E-state index contributed by atoms with van der Waals surface area (Å²) in [5.41, 5.74) is 0.968. The average Bonchev–Trinajstić information content (AvgIpc) is 3.78. The molecule has 1 aromatic rings. The molecular weight excluding hydrogens is 457 g/mol. The average molecular weight is 499 g/mol. The monoisotopic (exact) mass is 499 g/mol. The molecular formula is C27H42BN3O5. The topological polar surface area (TPSA) is 114 Å². The number of carbonyl (C=O) groups excluding carboxylic acids is 1. The minimum atomic E-state index is -1.67. The zero-order valence-corrected chi connectivity index (χ0v) is 21.3. The van der Waals surface area contributed by atoms with Gasteiger partial charge in [0.05, 0.1) is 5.94 Å². The van der Waals surface area contributed by atoms with Crippen molar-refractivity contribution in [1.82, 2.24) is 15.5 Å². The fraction of sp³-hybridized carbons (Fsp3) is 0.741. The predicted octanol–water partition coefficient (Wildman–Crippen LogP) is 1.77. The van der Waals surface area contributed by atoms with Gasteiger partial charge in [0.1, 0.15) is 5.75 Å². The van der Waals surface area contributed by atoms with E-state index in [0.29, 0.717) is 30.6 Å². The molecule has 0 bridgehead atoms. The first-order valence-corrected chi connectivity index (χ1v) is 14.0. The molecule has 0 spiro atoms. The highest BCUT2D eigenvalue weighted by Crippen LogP contribution is 2.34. The Balaban J connectivity index is 1.01. The Hall–Kier alpha value is -1.65. The number of hydrogen-bond acceptors (Lipinski definition) is 7. The van der Waals surface area contributed by atoms with E-state index in [-0.39, 0.29) is 11.5 Å². The van der Waals surface area contributed by atoms with Crippen LogP contribution in [-0.2, 0) is 11.2 Å². The van der Waals surface area contributed by atoms with Crippen LogP contribution in [0.1, 0.15) is 75.2 Å². The number of fused-ring (bicyclic) bond motifs is 1. The summed E-state index contributed by atoms with van der Waals surface area (Å²) in [6.07, 6.45) is 9.16. The van der Waals surface area contributed by atoms with E-state index in [4.69, 9.17) is 4.65 Å². The molecule has 0 saturated heterocycles. The summed E-state index contributed by atoms with van der Waals surface area (Å²) in [6, 6.07) is 5.64. The SMILES string of the molecule is O=C(C[C@H]1CC[C@H](NCCN(CC2CC2)CC2CC2)CC1)N[C@H]1Cc2cccc(C(O)O)c2OB1O. The van der Waals surface area contributed by atoms with Crippen molar-refractivity contribution < 1.29 is 24.7 Å². The molecule has 4 aliphatic rings. The van der Waals surface area contributed by atoms with Gasteiger partial charge in [-0.3, -0.25) is 4.79 Å². The van der Waals surface area contributed by atoms with E-state index < -0.39 is 19.3 Å². The Morgan fingerprint density at radius 3 is 2.33 bits per heavy atom. The molecule has 0 unspecified atom stereocenters. The lowest BCUT2D eigenvalue weighted by Gasteiger charge is -2.32. The van der Waals surface area contributed by atoms with Crippen LogP contribution in [0.2, 0.25) is 0 Å². The van der Waals surface area contributed by atoms with Crippen LogP contribution in [-0.4, -0.2) is 71.3 Å². The fourth-order valence-corrected chi connectivity index (χ4v) is 5.89. The highest BCUT2D eigenvalue weighted by atomic mass is 16.5. The van der Waals surface area contributed by atoms with Gasteiger partial charge in [-0.1, -0.05) is 18.2 Å². The van der Waals surface area contributed by atoms with Gasteiger partial charge in [-0.2, -0.15) is 0 Å². The van der Waals surface area contributed by atoms with Crippen LogP contribution in [0.4, 0.5) is 0 Å². The van der Waals surface area contributed by atoms with Crippen LogP contribution in [0.25, 0.3) is 0 Å². The molecule has 0 radical (unpaired) electrons. The molecule has 1 aliphatic heterocycles. The van der Waals surface area contributed by atoms with Crippen molar-refractivity contribution in [2.24, 2.45) is 17.8 Å². The second-order valence-electron chi connectivity index (χ2n) is 11.6. The van der Waals surface area contributed by atoms with Gasteiger partial charge in [0.25, 0.3) is 0 Å². The van der Waals surface area contributed by atoms with E-state index in [1.807, 2.05) is 6.07 Å². The summed E-state index contributed by atoms with van der Waals surface area (Å²) in [7, 11) is -1.22. The van der Waals surface area contributed by atoms with E-state index >= 15 is 0 Å². The van der Waals surface area contributed by atoms with E-state index in [2.05, 4.69) is 15.5 Å². The smallest absolute Gasteiger partial charge is 0.534 e. The number of para-hydroxylation sites is 1. The zero-order valence-electron chi connectivity index (χ0n) is 21.3. The summed E-state index contributed by atoms with van der Waals surface area (Å²) < 4.78 is 5.55. The van der Waals surface area contributed by atoms with Crippen molar-refractivity contribution in [2.75, 3.05) is 26.2 Å². The quantitative estimate of drug-likeness (QED) is 0.220. The van der Waals surface area contributed by atoms with Crippen LogP contribution < -0.4 is 15.3 Å². The Morgan fingerprint density at radius 2 is 1.69 bits per heavy atom. The van der Waals surface area contributed by atoms with E-state index in [9.17, 15) is 20.0 Å². The molecule has 8 nitrogen and oxygen atoms in total. The van der Waals surface area contributed by atoms with Gasteiger partial charge in [0, 0.05) is 44.2 Å². The van der Waals surface area contributed by atoms with Crippen LogP contribution in [0.5, 0.6) is 5.75 Å². The maximum absolute atomic E-state index is 12.7. The van der Waals surface area contributed by atoms with Gasteiger partial charge in [0.2, 0.25) is 5.91 Å². The molecule has 3 fully saturated rings. The molecule has 36 heavy (non-hydrogen) atoms. The highest BCUT2D eigenvalue weighted by Gasteiger charge is 2.38. The zero-order chi connectivity index (χ0) is 25.1. The van der Waals surface area contributed by atoms with Crippen LogP contribution >= 0.6 is 0 Å². The number of aliphatic hydroxyl groups is 2. The fourth-order valence-electron chi connectivity index (χ4n) is 5.89. The molecule has 1 heterocycles. The van der Waals surface area contributed by atoms with Gasteiger partial charge in [0.15, 0.2) is 6.29 Å². The molecule has 198 valence electrons. The minimum absolute atomic E-state index is 0.0587. The molecule has 3 aliphatic carbocycles. The first-order chi connectivity index (χ1) is 17.4. The maximum atomic E-state index is 12.7. The largest absolute Gasteiger partial charge is 0.547 e. The number of rotatable bonds is 12. The molecule has 1 amide bonds. The molecule has 9 heteroatoms. The molecule has 5 rings (SSSR count). The number of hydrogen-bond donors (Lipinski definition) is 5. The number of aliphatic hydroxyl groups excluding tert-OH is 1. The predicted molar refractivity (Wildman–Crippen MR) is 138 cm³/mol. The number of carbonyl (C=O) groups is 1. The summed E-state index contributed by atoms with van der Waals surface area (Å²) in [4.78, 5) is 15.4. The van der Waals surface area contributed by atoms with E-state index in [1.165, 1.54) is 38.8 Å². The summed E-state index contributed by atoms with van der Waals surface area (Å²) in [6.45, 7) is 4.79. The lowest BCUT2D eigenvalue weighted by Crippen LogP contribution is -2.53. The van der Waals surface area contributed by atoms with E-state index in [0.717, 1.165) is 56.2 Å². The summed E-state index contributed by atoms with van der Waals surface area (Å²) in [5, 5.41) is 36.2. The normalized spacial score (nSPS) is 26.1. The molecule has 5 N–H and O–H groups in total. The van der Waals surface area contributed by atoms with Gasteiger partial charge >= 0.3 is 7.12 Å². The number of nitrogens with zero attached hydrogens (tertiary/aromatic N) is 1. The van der Waals surface area contributed by atoms with Crippen LogP contribution in [0, 0.1) is 17.8 Å². The molecule has 1 atom stereocenters. The summed E-state index contributed by atoms with van der Waals surface area (Å²) >= 11 is 0.